The highest BCUT2D eigenvalue weighted by Gasteiger charge is 1.92. The summed E-state index contributed by atoms with van der Waals surface area (Å²) in [7, 11) is 1.04. The maximum atomic E-state index is 9.93. The van der Waals surface area contributed by atoms with Crippen molar-refractivity contribution in [1.82, 2.24) is 4.90 Å². The quantitative estimate of drug-likeness (QED) is 0.575. The zero-order chi connectivity index (χ0) is 7.28. The van der Waals surface area contributed by atoms with Gasteiger partial charge in [-0.15, -0.1) is 0 Å². The summed E-state index contributed by atoms with van der Waals surface area (Å²) in [4.78, 5) is 10.1. The zero-order valence-corrected chi connectivity index (χ0v) is 6.63. The molecule has 1 N–H and O–H groups in total. The Bertz CT molecular complexity index is 95.8. The Balaban J connectivity index is 3.01. The van der Waals surface area contributed by atoms with Crippen molar-refractivity contribution in [3.8, 4) is 0 Å². The first kappa shape index (κ1) is 9.11. The molecule has 0 rings (SSSR count). The molecule has 5 heteroatoms. The molecule has 0 aromatic carbocycles. The monoisotopic (exact) mass is 153 g/mol. The molecule has 0 heterocycles. The van der Waals surface area contributed by atoms with Crippen LogP contribution in [0, 0.1) is 0 Å². The van der Waals surface area contributed by atoms with Crippen LogP contribution in [0.2, 0.25) is 0 Å². The molecule has 4 nitrogen and oxygen atoms in total. The van der Waals surface area contributed by atoms with Crippen LogP contribution in [-0.2, 0) is 9.09 Å². The number of hydrogen-bond donors (Lipinski definition) is 1. The Morgan fingerprint density at radius 2 is 2.22 bits per heavy atom. The van der Waals surface area contributed by atoms with E-state index in [2.05, 4.69) is 4.52 Å². The van der Waals surface area contributed by atoms with E-state index < -0.39 is 8.25 Å². The lowest BCUT2D eigenvalue weighted by Crippen LogP contribution is -2.16. The predicted octanol–water partition coefficient (Wildman–Crippen LogP) is -0.0534. The molecule has 0 aliphatic heterocycles. The topological polar surface area (TPSA) is 49.8 Å². The highest BCUT2D eigenvalue weighted by atomic mass is 31.1. The van der Waals surface area contributed by atoms with Gasteiger partial charge in [0.05, 0.1) is 6.61 Å². The van der Waals surface area contributed by atoms with Crippen molar-refractivity contribution in [1.29, 1.82) is 0 Å². The van der Waals surface area contributed by atoms with E-state index in [1.165, 1.54) is 0 Å². The van der Waals surface area contributed by atoms with Gasteiger partial charge >= 0.3 is 8.25 Å². The summed E-state index contributed by atoms with van der Waals surface area (Å²) >= 11 is 0. The van der Waals surface area contributed by atoms with Crippen LogP contribution in [0.4, 0.5) is 0 Å². The number of likely N-dealkylation sites (N-methyl/N-ethyl adjacent to an activating group) is 1. The Morgan fingerprint density at radius 3 is 2.56 bits per heavy atom. The zero-order valence-electron chi connectivity index (χ0n) is 5.63. The minimum absolute atomic E-state index is 0.321. The number of rotatable bonds is 4. The predicted molar refractivity (Wildman–Crippen MR) is 35.7 cm³/mol. The van der Waals surface area contributed by atoms with Gasteiger partial charge in [0, 0.05) is 6.54 Å². The molecule has 0 aromatic rings. The summed E-state index contributed by atoms with van der Waals surface area (Å²) in [5.74, 6) is 0. The Morgan fingerprint density at radius 1 is 1.67 bits per heavy atom. The van der Waals surface area contributed by atoms with Crippen molar-refractivity contribution >= 4 is 8.25 Å². The van der Waals surface area contributed by atoms with Crippen molar-refractivity contribution in [2.45, 2.75) is 0 Å². The molecule has 56 valence electrons. The van der Waals surface area contributed by atoms with E-state index in [1.807, 2.05) is 19.0 Å². The van der Waals surface area contributed by atoms with Crippen molar-refractivity contribution in [3.05, 3.63) is 0 Å². The smallest absolute Gasteiger partial charge is 0.316 e. The summed E-state index contributed by atoms with van der Waals surface area (Å²) in [5.41, 5.74) is 0. The summed E-state index contributed by atoms with van der Waals surface area (Å²) in [6.07, 6.45) is 0. The van der Waals surface area contributed by atoms with Crippen LogP contribution < -0.4 is 0 Å². The Kier molecular flexibility index (Phi) is 5.00. The fourth-order valence-corrected chi connectivity index (χ4v) is 0.581. The molecule has 1 atom stereocenters. The van der Waals surface area contributed by atoms with Crippen LogP contribution in [0.3, 0.4) is 0 Å². The van der Waals surface area contributed by atoms with E-state index in [1.54, 1.807) is 0 Å². The molecule has 1 unspecified atom stereocenters. The molecular weight excluding hydrogens is 141 g/mol. The Labute approximate surface area is 55.4 Å². The third-order valence-electron chi connectivity index (χ3n) is 0.764. The van der Waals surface area contributed by atoms with Crippen LogP contribution in [0.25, 0.3) is 0 Å². The summed E-state index contributed by atoms with van der Waals surface area (Å²) in [6, 6.07) is 0. The molecule has 0 amide bonds. The van der Waals surface area contributed by atoms with Crippen LogP contribution in [-0.4, -0.2) is 37.0 Å². The molecular formula is C4H12NO3P. The van der Waals surface area contributed by atoms with Gasteiger partial charge in [-0.05, 0) is 14.1 Å². The standard InChI is InChI=1S/C4H12NO3P/c1-5(2)3-4-8-9(6)7/h9H,3-4H2,1-2H3,(H,6,7). The molecule has 0 saturated heterocycles. The fraction of sp³-hybridized carbons (Fsp3) is 1.00. The number of nitrogens with zero attached hydrogens (tertiary/aromatic N) is 1. The number of hydrogen-bond acceptors (Lipinski definition) is 3. The largest absolute Gasteiger partial charge is 0.326 e. The van der Waals surface area contributed by atoms with Gasteiger partial charge in [0.2, 0.25) is 0 Å². The van der Waals surface area contributed by atoms with E-state index in [9.17, 15) is 4.57 Å². The minimum atomic E-state index is -2.71. The van der Waals surface area contributed by atoms with E-state index in [-0.39, 0.29) is 0 Å². The summed E-state index contributed by atoms with van der Waals surface area (Å²) in [5, 5.41) is 0. The van der Waals surface area contributed by atoms with Crippen LogP contribution >= 0.6 is 8.25 Å². The summed E-state index contributed by atoms with van der Waals surface area (Å²) < 4.78 is 14.3. The molecule has 0 aliphatic rings. The second-order valence-corrected chi connectivity index (χ2v) is 2.74. The van der Waals surface area contributed by atoms with E-state index in [0.717, 1.165) is 0 Å². The average molecular weight is 153 g/mol. The van der Waals surface area contributed by atoms with Gasteiger partial charge in [-0.2, -0.15) is 0 Å². The average Bonchev–Trinajstić information content (AvgIpc) is 1.63. The van der Waals surface area contributed by atoms with Gasteiger partial charge in [-0.25, -0.2) is 0 Å². The molecule has 0 aromatic heterocycles. The molecule has 0 saturated carbocycles. The lowest BCUT2D eigenvalue weighted by molar-refractivity contribution is 0.243. The van der Waals surface area contributed by atoms with Gasteiger partial charge in [0.1, 0.15) is 0 Å². The van der Waals surface area contributed by atoms with Crippen LogP contribution in [0.1, 0.15) is 0 Å². The maximum absolute atomic E-state index is 9.93. The second kappa shape index (κ2) is 4.94. The van der Waals surface area contributed by atoms with Crippen molar-refractivity contribution in [2.24, 2.45) is 0 Å². The molecule has 0 fully saturated rings. The van der Waals surface area contributed by atoms with Crippen molar-refractivity contribution < 1.29 is 14.0 Å². The molecule has 0 bridgehead atoms. The van der Waals surface area contributed by atoms with Gasteiger partial charge in [-0.1, -0.05) is 0 Å². The first-order valence-corrected chi connectivity index (χ1v) is 3.89. The first-order valence-electron chi connectivity index (χ1n) is 2.63. The highest BCUT2D eigenvalue weighted by molar-refractivity contribution is 7.32. The van der Waals surface area contributed by atoms with E-state index in [0.29, 0.717) is 13.2 Å². The SMILES string of the molecule is CN(C)CCO[PH](=O)O. The fourth-order valence-electron chi connectivity index (χ4n) is 0.316. The molecule has 0 aliphatic carbocycles. The molecule has 0 radical (unpaired) electrons. The maximum Gasteiger partial charge on any atom is 0.316 e. The van der Waals surface area contributed by atoms with E-state index >= 15 is 0 Å². The summed E-state index contributed by atoms with van der Waals surface area (Å²) in [6.45, 7) is 0.998. The van der Waals surface area contributed by atoms with E-state index in [4.69, 9.17) is 4.89 Å². The second-order valence-electron chi connectivity index (χ2n) is 1.92. The van der Waals surface area contributed by atoms with Gasteiger partial charge in [0.25, 0.3) is 0 Å². The highest BCUT2D eigenvalue weighted by Crippen LogP contribution is 2.12. The Hall–Kier alpha value is 0.110. The van der Waals surface area contributed by atoms with Gasteiger partial charge in [0.15, 0.2) is 0 Å². The normalized spacial score (nSPS) is 14.2. The van der Waals surface area contributed by atoms with Gasteiger partial charge < -0.3 is 14.3 Å². The van der Waals surface area contributed by atoms with Crippen molar-refractivity contribution in [3.63, 3.8) is 0 Å². The van der Waals surface area contributed by atoms with Crippen molar-refractivity contribution in [2.75, 3.05) is 27.2 Å². The van der Waals surface area contributed by atoms with Crippen LogP contribution in [0.5, 0.6) is 0 Å². The minimum Gasteiger partial charge on any atom is -0.326 e. The van der Waals surface area contributed by atoms with Gasteiger partial charge in [-0.3, -0.25) is 4.57 Å². The lowest BCUT2D eigenvalue weighted by atomic mass is 10.6. The first-order chi connectivity index (χ1) is 4.13. The molecule has 0 spiro atoms. The third kappa shape index (κ3) is 8.11. The van der Waals surface area contributed by atoms with Crippen LogP contribution in [0.15, 0.2) is 0 Å². The third-order valence-corrected chi connectivity index (χ3v) is 1.22. The molecule has 9 heavy (non-hydrogen) atoms. The lowest BCUT2D eigenvalue weighted by Gasteiger charge is -2.07.